The Bertz CT molecular complexity index is 638. The molecule has 1 fully saturated rings. The molecule has 0 spiro atoms. The van der Waals surface area contributed by atoms with Gasteiger partial charge < -0.3 is 4.90 Å². The lowest BCUT2D eigenvalue weighted by atomic mass is 10.2. The topological polar surface area (TPSA) is 105 Å². The number of amides is 2. The maximum Gasteiger partial charge on any atom is 0.418 e. The maximum absolute atomic E-state index is 11.9. The number of hydrogen-bond acceptors (Lipinski definition) is 5. The molecule has 2 aliphatic heterocycles. The summed E-state index contributed by atoms with van der Waals surface area (Å²) in [6.07, 6.45) is 5.00. The smallest absolute Gasteiger partial charge is 0.314 e. The Morgan fingerprint density at radius 1 is 1.47 bits per heavy atom. The molecule has 2 amide bonds. The van der Waals surface area contributed by atoms with E-state index in [1.165, 1.54) is 4.90 Å². The van der Waals surface area contributed by atoms with E-state index in [-0.39, 0.29) is 0 Å². The van der Waals surface area contributed by atoms with Crippen LogP contribution in [0.4, 0.5) is 4.79 Å². The third kappa shape index (κ3) is 2.20. The van der Waals surface area contributed by atoms with Gasteiger partial charge in [-0.2, -0.15) is 18.6 Å². The van der Waals surface area contributed by atoms with Crippen LogP contribution >= 0.6 is 0 Å². The number of urea groups is 1. The number of carbonyl (C=O) groups is 1. The van der Waals surface area contributed by atoms with Gasteiger partial charge in [-0.15, -0.1) is 4.28 Å². The first-order valence-corrected chi connectivity index (χ1v) is 6.76. The quantitative estimate of drug-likeness (QED) is 0.756. The van der Waals surface area contributed by atoms with Crippen LogP contribution in [0.25, 0.3) is 5.70 Å². The molecule has 3 rings (SSSR count). The van der Waals surface area contributed by atoms with Crippen LogP contribution in [0.2, 0.25) is 0 Å². The van der Waals surface area contributed by atoms with E-state index < -0.39 is 22.5 Å². The first-order valence-electron chi connectivity index (χ1n) is 5.40. The third-order valence-corrected chi connectivity index (χ3v) is 3.23. The van der Waals surface area contributed by atoms with Crippen molar-refractivity contribution in [1.29, 1.82) is 0 Å². The fourth-order valence-corrected chi connectivity index (χ4v) is 2.54. The highest BCUT2D eigenvalue weighted by Crippen LogP contribution is 2.26. The second kappa shape index (κ2) is 4.05. The van der Waals surface area contributed by atoms with E-state index in [1.54, 1.807) is 29.2 Å². The summed E-state index contributed by atoms with van der Waals surface area (Å²) < 4.78 is 36.0. The van der Waals surface area contributed by atoms with Crippen LogP contribution in [0.3, 0.4) is 0 Å². The first kappa shape index (κ1) is 12.1. The second-order valence-corrected chi connectivity index (χ2v) is 5.17. The van der Waals surface area contributed by atoms with Gasteiger partial charge in [0.05, 0.1) is 12.2 Å². The molecule has 0 aliphatic carbocycles. The van der Waals surface area contributed by atoms with E-state index in [1.807, 2.05) is 0 Å². The summed E-state index contributed by atoms with van der Waals surface area (Å²) in [5, 5.41) is 4.69. The molecule has 0 unspecified atom stereocenters. The minimum atomic E-state index is -4.72. The molecular formula is C9H10N4O5S. The number of hydroxylamine groups is 2. The van der Waals surface area contributed by atoms with Crippen molar-refractivity contribution in [2.24, 2.45) is 0 Å². The Labute approximate surface area is 108 Å². The zero-order chi connectivity index (χ0) is 13.6. The highest BCUT2D eigenvalue weighted by molar-refractivity contribution is 7.80. The van der Waals surface area contributed by atoms with Crippen molar-refractivity contribution in [3.05, 3.63) is 24.5 Å². The monoisotopic (exact) mass is 286 g/mol. The van der Waals surface area contributed by atoms with Gasteiger partial charge in [0.15, 0.2) is 0 Å². The van der Waals surface area contributed by atoms with Gasteiger partial charge in [-0.3, -0.25) is 4.55 Å². The van der Waals surface area contributed by atoms with E-state index in [2.05, 4.69) is 9.38 Å². The van der Waals surface area contributed by atoms with E-state index in [0.717, 1.165) is 5.70 Å². The molecule has 2 aliphatic rings. The normalized spacial score (nSPS) is 22.9. The van der Waals surface area contributed by atoms with Gasteiger partial charge in [0, 0.05) is 18.9 Å². The second-order valence-electron chi connectivity index (χ2n) is 4.17. The van der Waals surface area contributed by atoms with Gasteiger partial charge in [-0.05, 0) is 12.1 Å². The fourth-order valence-electron chi connectivity index (χ4n) is 2.16. The molecule has 1 aromatic rings. The summed E-state index contributed by atoms with van der Waals surface area (Å²) in [4.78, 5) is 13.3. The van der Waals surface area contributed by atoms with E-state index in [4.69, 9.17) is 4.55 Å². The van der Waals surface area contributed by atoms with Crippen molar-refractivity contribution in [3.63, 3.8) is 0 Å². The summed E-state index contributed by atoms with van der Waals surface area (Å²) in [5.74, 6) is 0. The molecule has 0 radical (unpaired) electrons. The number of hydrogen-bond donors (Lipinski definition) is 1. The Kier molecular flexibility index (Phi) is 2.59. The van der Waals surface area contributed by atoms with Crippen LogP contribution < -0.4 is 0 Å². The average molecular weight is 286 g/mol. The molecule has 1 aromatic heterocycles. The highest BCUT2D eigenvalue weighted by Gasteiger charge is 2.43. The summed E-state index contributed by atoms with van der Waals surface area (Å²) >= 11 is 0. The van der Waals surface area contributed by atoms with Crippen LogP contribution in [0.1, 0.15) is 0 Å². The lowest BCUT2D eigenvalue weighted by Gasteiger charge is -2.20. The molecule has 1 atom stereocenters. The van der Waals surface area contributed by atoms with Crippen molar-refractivity contribution in [1.82, 2.24) is 19.7 Å². The Hall–Kier alpha value is -1.91. The SMILES string of the molecule is O=C1N2CC(n3cccn3)=C[C@H](C2)N1OS(=O)(=O)O. The minimum Gasteiger partial charge on any atom is -0.314 e. The zero-order valence-electron chi connectivity index (χ0n) is 9.58. The van der Waals surface area contributed by atoms with Crippen LogP contribution in [0.5, 0.6) is 0 Å². The molecule has 1 saturated heterocycles. The van der Waals surface area contributed by atoms with E-state index in [9.17, 15) is 13.2 Å². The number of fused-ring (bicyclic) bond motifs is 2. The third-order valence-electron chi connectivity index (χ3n) is 2.88. The number of rotatable bonds is 3. The summed E-state index contributed by atoms with van der Waals surface area (Å²) in [6.45, 7) is 0.599. The Balaban J connectivity index is 1.90. The van der Waals surface area contributed by atoms with Gasteiger partial charge in [0.1, 0.15) is 6.04 Å². The van der Waals surface area contributed by atoms with Gasteiger partial charge in [-0.1, -0.05) is 0 Å². The molecule has 0 saturated carbocycles. The van der Waals surface area contributed by atoms with Gasteiger partial charge in [0.2, 0.25) is 0 Å². The molecule has 2 bridgehead atoms. The number of nitrogens with zero attached hydrogens (tertiary/aromatic N) is 4. The van der Waals surface area contributed by atoms with Crippen molar-refractivity contribution >= 4 is 22.1 Å². The highest BCUT2D eigenvalue weighted by atomic mass is 32.3. The lowest BCUT2D eigenvalue weighted by Crippen LogP contribution is -2.35. The number of aromatic nitrogens is 2. The van der Waals surface area contributed by atoms with Gasteiger partial charge >= 0.3 is 16.4 Å². The van der Waals surface area contributed by atoms with Crippen molar-refractivity contribution in [2.75, 3.05) is 13.1 Å². The minimum absolute atomic E-state index is 0.294. The van der Waals surface area contributed by atoms with Crippen molar-refractivity contribution < 1.29 is 22.0 Å². The van der Waals surface area contributed by atoms with Crippen LogP contribution in [-0.2, 0) is 14.7 Å². The molecule has 10 heteroatoms. The largest absolute Gasteiger partial charge is 0.418 e. The molecule has 0 aromatic carbocycles. The first-order chi connectivity index (χ1) is 8.94. The maximum atomic E-state index is 11.9. The summed E-state index contributed by atoms with van der Waals surface area (Å²) in [7, 11) is -4.72. The molecule has 9 nitrogen and oxygen atoms in total. The van der Waals surface area contributed by atoms with E-state index in [0.29, 0.717) is 18.2 Å². The lowest BCUT2D eigenvalue weighted by molar-refractivity contribution is -0.0183. The van der Waals surface area contributed by atoms with E-state index >= 15 is 0 Å². The van der Waals surface area contributed by atoms with Crippen molar-refractivity contribution in [2.45, 2.75) is 6.04 Å². The Morgan fingerprint density at radius 2 is 2.26 bits per heavy atom. The fraction of sp³-hybridized carbons (Fsp3) is 0.333. The van der Waals surface area contributed by atoms with Crippen LogP contribution in [0.15, 0.2) is 24.5 Å². The number of carbonyl (C=O) groups excluding carboxylic acids is 1. The molecular weight excluding hydrogens is 276 g/mol. The molecule has 3 heterocycles. The summed E-state index contributed by atoms with van der Waals surface area (Å²) in [6, 6.07) is 0.546. The predicted octanol–water partition coefficient (Wildman–Crippen LogP) is -0.422. The molecule has 1 N–H and O–H groups in total. The molecule has 19 heavy (non-hydrogen) atoms. The van der Waals surface area contributed by atoms with Crippen LogP contribution in [0, 0.1) is 0 Å². The average Bonchev–Trinajstić information content (AvgIpc) is 2.92. The van der Waals surface area contributed by atoms with Crippen LogP contribution in [-0.4, -0.2) is 57.9 Å². The standard InChI is InChI=1S/C9H10N4O5S/c14-9-11-5-7(12-3-1-2-10-12)4-8(6-11)13(9)18-19(15,16)17/h1-4,8H,5-6H2,(H,15,16,17)/t8-/m1/s1. The summed E-state index contributed by atoms with van der Waals surface area (Å²) in [5.41, 5.74) is 0.732. The van der Waals surface area contributed by atoms with Gasteiger partial charge in [0.25, 0.3) is 0 Å². The zero-order valence-corrected chi connectivity index (χ0v) is 10.4. The molecule has 102 valence electrons. The van der Waals surface area contributed by atoms with Crippen molar-refractivity contribution in [3.8, 4) is 0 Å². The van der Waals surface area contributed by atoms with Gasteiger partial charge in [-0.25, -0.2) is 9.48 Å². The Morgan fingerprint density at radius 3 is 2.89 bits per heavy atom. The predicted molar refractivity (Wildman–Crippen MR) is 61.7 cm³/mol.